The first kappa shape index (κ1) is 26.3. The minimum absolute atomic E-state index is 0.0475. The van der Waals surface area contributed by atoms with E-state index in [9.17, 15) is 29.7 Å². The molecule has 3 aliphatic rings. The Bertz CT molecular complexity index is 1210. The predicted molar refractivity (Wildman–Crippen MR) is 138 cm³/mol. The van der Waals surface area contributed by atoms with Crippen LogP contribution in [0.25, 0.3) is 5.76 Å². The van der Waals surface area contributed by atoms with Crippen LogP contribution in [0, 0.1) is 23.2 Å². The van der Waals surface area contributed by atoms with Gasteiger partial charge in [0, 0.05) is 36.4 Å². The number of ketones is 2. The number of aliphatic hydroxyl groups excluding tert-OH is 2. The van der Waals surface area contributed by atoms with Crippen LogP contribution in [0.5, 0.6) is 5.75 Å². The molecule has 0 aromatic heterocycles. The number of amides is 1. The SMILES string of the molecule is CSCc1cc(CNCC(C)(C)C)c2c(c1O)C(O)=C1C(=O)C3C(O)=C(C(N)=O)C(=O)CC3CC1C2. The molecule has 1 amide bonds. The van der Waals surface area contributed by atoms with Gasteiger partial charge in [0.05, 0.1) is 11.5 Å². The van der Waals surface area contributed by atoms with E-state index < -0.39 is 40.6 Å². The summed E-state index contributed by atoms with van der Waals surface area (Å²) in [7, 11) is 0. The number of benzene rings is 1. The maximum absolute atomic E-state index is 13.6. The first-order valence-electron chi connectivity index (χ1n) is 12.2. The van der Waals surface area contributed by atoms with Gasteiger partial charge in [-0.25, -0.2) is 0 Å². The molecule has 8 nitrogen and oxygen atoms in total. The summed E-state index contributed by atoms with van der Waals surface area (Å²) in [6.45, 7) is 7.72. The smallest absolute Gasteiger partial charge is 0.255 e. The fourth-order valence-electron chi connectivity index (χ4n) is 5.84. The number of carbonyl (C=O) groups is 3. The van der Waals surface area contributed by atoms with Gasteiger partial charge in [-0.3, -0.25) is 14.4 Å². The van der Waals surface area contributed by atoms with Crippen molar-refractivity contribution in [2.45, 2.75) is 52.3 Å². The molecule has 1 fully saturated rings. The van der Waals surface area contributed by atoms with Crippen molar-refractivity contribution in [2.75, 3.05) is 12.8 Å². The third kappa shape index (κ3) is 4.54. The Morgan fingerprint density at radius 2 is 1.86 bits per heavy atom. The zero-order valence-electron chi connectivity index (χ0n) is 21.1. The lowest BCUT2D eigenvalue weighted by atomic mass is 9.61. The molecule has 0 saturated heterocycles. The fourth-order valence-corrected chi connectivity index (χ4v) is 6.37. The summed E-state index contributed by atoms with van der Waals surface area (Å²) >= 11 is 1.54. The quantitative estimate of drug-likeness (QED) is 0.363. The molecule has 3 aliphatic carbocycles. The van der Waals surface area contributed by atoms with Crippen LogP contribution in [0.4, 0.5) is 0 Å². The van der Waals surface area contributed by atoms with Crippen LogP contribution < -0.4 is 11.1 Å². The van der Waals surface area contributed by atoms with E-state index in [4.69, 9.17) is 5.73 Å². The van der Waals surface area contributed by atoms with Gasteiger partial charge in [-0.1, -0.05) is 20.8 Å². The summed E-state index contributed by atoms with van der Waals surface area (Å²) in [5.74, 6) is -4.51. The van der Waals surface area contributed by atoms with Gasteiger partial charge in [-0.2, -0.15) is 11.8 Å². The normalized spacial score (nSPS) is 23.9. The molecule has 3 atom stereocenters. The lowest BCUT2D eigenvalue weighted by molar-refractivity contribution is -0.127. The minimum atomic E-state index is -1.11. The van der Waals surface area contributed by atoms with Crippen molar-refractivity contribution in [1.82, 2.24) is 5.32 Å². The van der Waals surface area contributed by atoms with E-state index >= 15 is 0 Å². The largest absolute Gasteiger partial charge is 0.511 e. The number of allylic oxidation sites excluding steroid dienone is 2. The summed E-state index contributed by atoms with van der Waals surface area (Å²) in [4.78, 5) is 37.9. The predicted octanol–water partition coefficient (Wildman–Crippen LogP) is 3.31. The number of hydrogen-bond donors (Lipinski definition) is 5. The number of hydrogen-bond acceptors (Lipinski definition) is 8. The highest BCUT2D eigenvalue weighted by atomic mass is 32.2. The molecule has 0 spiro atoms. The Morgan fingerprint density at radius 3 is 2.47 bits per heavy atom. The Kier molecular flexibility index (Phi) is 7.00. The van der Waals surface area contributed by atoms with Gasteiger partial charge >= 0.3 is 0 Å². The lowest BCUT2D eigenvalue weighted by Crippen LogP contribution is -2.44. The van der Waals surface area contributed by atoms with E-state index in [-0.39, 0.29) is 40.4 Å². The first-order valence-corrected chi connectivity index (χ1v) is 13.5. The molecule has 1 aromatic rings. The van der Waals surface area contributed by atoms with Crippen LogP contribution in [0.1, 0.15) is 55.9 Å². The van der Waals surface area contributed by atoms with Crippen molar-refractivity contribution in [1.29, 1.82) is 0 Å². The molecule has 0 aliphatic heterocycles. The minimum Gasteiger partial charge on any atom is -0.511 e. The number of nitrogens with two attached hydrogens (primary N) is 1. The number of phenolic OH excluding ortho intramolecular Hbond substituents is 1. The second-order valence-corrected chi connectivity index (χ2v) is 12.1. The zero-order chi connectivity index (χ0) is 26.5. The summed E-state index contributed by atoms with van der Waals surface area (Å²) in [6.07, 6.45) is 2.67. The van der Waals surface area contributed by atoms with Crippen molar-refractivity contribution >= 4 is 35.0 Å². The number of phenols is 1. The van der Waals surface area contributed by atoms with E-state index in [1.165, 1.54) is 11.8 Å². The Hall–Kier alpha value is -2.78. The number of nitrogens with one attached hydrogen (secondary N) is 1. The molecule has 0 heterocycles. The van der Waals surface area contributed by atoms with Gasteiger partial charge in [-0.15, -0.1) is 0 Å². The average Bonchev–Trinajstić information content (AvgIpc) is 2.75. The highest BCUT2D eigenvalue weighted by molar-refractivity contribution is 7.97. The molecule has 194 valence electrons. The van der Waals surface area contributed by atoms with Crippen molar-refractivity contribution in [3.63, 3.8) is 0 Å². The molecule has 3 unspecified atom stereocenters. The number of fused-ring (bicyclic) bond motifs is 3. The highest BCUT2D eigenvalue weighted by Crippen LogP contribution is 2.51. The molecule has 1 aromatic carbocycles. The van der Waals surface area contributed by atoms with Gasteiger partial charge in [0.15, 0.2) is 11.6 Å². The van der Waals surface area contributed by atoms with E-state index in [1.807, 2.05) is 12.3 Å². The first-order chi connectivity index (χ1) is 16.9. The van der Waals surface area contributed by atoms with Gasteiger partial charge in [0.2, 0.25) is 0 Å². The zero-order valence-corrected chi connectivity index (χ0v) is 21.9. The molecular formula is C27H34N2O6S. The van der Waals surface area contributed by atoms with Crippen LogP contribution >= 0.6 is 11.8 Å². The van der Waals surface area contributed by atoms with Crippen molar-refractivity contribution in [2.24, 2.45) is 28.9 Å². The standard InChI is InChI=1S/C27H34N2O6S/c1-27(2,3)11-29-9-14-6-15(10-36-4)22(31)20-16(14)7-12-5-13-8-17(30)21(26(28)35)25(34)19(13)23(32)18(12)24(20)33/h6,12-13,19,29,31,33-34H,5,7-11H2,1-4H3,(H2,28,35). The molecule has 36 heavy (non-hydrogen) atoms. The summed E-state index contributed by atoms with van der Waals surface area (Å²) in [6, 6.07) is 1.96. The third-order valence-corrected chi connectivity index (χ3v) is 7.93. The molecule has 9 heteroatoms. The van der Waals surface area contributed by atoms with Gasteiger partial charge in [-0.05, 0) is 53.5 Å². The molecule has 4 rings (SSSR count). The lowest BCUT2D eigenvalue weighted by Gasteiger charge is -2.41. The van der Waals surface area contributed by atoms with Crippen LogP contribution in [-0.4, -0.2) is 45.6 Å². The van der Waals surface area contributed by atoms with Crippen LogP contribution in [-0.2, 0) is 33.1 Å². The summed E-state index contributed by atoms with van der Waals surface area (Å²) in [5.41, 5.74) is 7.65. The molecule has 6 N–H and O–H groups in total. The van der Waals surface area contributed by atoms with Crippen molar-refractivity contribution in [3.8, 4) is 5.75 Å². The summed E-state index contributed by atoms with van der Waals surface area (Å²) < 4.78 is 0. The van der Waals surface area contributed by atoms with Crippen LogP contribution in [0.15, 0.2) is 23.0 Å². The van der Waals surface area contributed by atoms with E-state index in [1.54, 1.807) is 0 Å². The van der Waals surface area contributed by atoms with E-state index in [0.29, 0.717) is 30.7 Å². The second kappa shape index (κ2) is 9.59. The molecule has 0 bridgehead atoms. The average molecular weight is 515 g/mol. The molecule has 1 saturated carbocycles. The van der Waals surface area contributed by atoms with Crippen LogP contribution in [0.2, 0.25) is 0 Å². The monoisotopic (exact) mass is 514 g/mol. The Morgan fingerprint density at radius 1 is 1.17 bits per heavy atom. The number of aromatic hydroxyl groups is 1. The van der Waals surface area contributed by atoms with E-state index in [2.05, 4.69) is 26.1 Å². The third-order valence-electron chi connectivity index (χ3n) is 7.33. The second-order valence-electron chi connectivity index (χ2n) is 11.2. The fraction of sp³-hybridized carbons (Fsp3) is 0.519. The number of primary amides is 1. The van der Waals surface area contributed by atoms with Crippen LogP contribution in [0.3, 0.4) is 0 Å². The number of rotatable bonds is 6. The summed E-state index contributed by atoms with van der Waals surface area (Å²) in [5, 5.41) is 36.7. The maximum Gasteiger partial charge on any atom is 0.255 e. The number of Topliss-reactive ketones (excluding diaryl/α,β-unsaturated/α-hetero) is 2. The van der Waals surface area contributed by atoms with E-state index in [0.717, 1.165) is 17.7 Å². The van der Waals surface area contributed by atoms with Gasteiger partial charge < -0.3 is 26.4 Å². The number of carbonyl (C=O) groups excluding carboxylic acids is 3. The topological polar surface area (TPSA) is 150 Å². The maximum atomic E-state index is 13.6. The Labute approximate surface area is 215 Å². The number of aliphatic hydroxyl groups is 2. The Balaban J connectivity index is 1.82. The molecule has 0 radical (unpaired) electrons. The van der Waals surface area contributed by atoms with Gasteiger partial charge in [0.25, 0.3) is 5.91 Å². The van der Waals surface area contributed by atoms with Crippen molar-refractivity contribution < 1.29 is 29.7 Å². The number of thioether (sulfide) groups is 1. The van der Waals surface area contributed by atoms with Crippen molar-refractivity contribution in [3.05, 3.63) is 45.2 Å². The highest BCUT2D eigenvalue weighted by Gasteiger charge is 2.51. The molecular weight excluding hydrogens is 480 g/mol. The van der Waals surface area contributed by atoms with Gasteiger partial charge in [0.1, 0.15) is 22.8 Å².